The van der Waals surface area contributed by atoms with E-state index in [1.165, 1.54) is 38.1 Å². The van der Waals surface area contributed by atoms with Crippen molar-refractivity contribution in [3.63, 3.8) is 0 Å². The number of anilines is 1. The summed E-state index contributed by atoms with van der Waals surface area (Å²) in [7, 11) is 0. The van der Waals surface area contributed by atoms with Crippen LogP contribution in [0, 0.1) is 12.3 Å². The number of carbonyl (C=O) groups excluding carboxylic acids is 1. The summed E-state index contributed by atoms with van der Waals surface area (Å²) in [6.07, 6.45) is 1.05. The van der Waals surface area contributed by atoms with Gasteiger partial charge in [-0.05, 0) is 50.2 Å². The van der Waals surface area contributed by atoms with Crippen LogP contribution >= 0.6 is 0 Å². The minimum atomic E-state index is -4.59. The second kappa shape index (κ2) is 7.29. The van der Waals surface area contributed by atoms with E-state index >= 15 is 0 Å². The van der Waals surface area contributed by atoms with Gasteiger partial charge in [0.05, 0.1) is 27.9 Å². The molecule has 1 saturated carbocycles. The number of pyridine rings is 3. The number of piperidine rings is 1. The lowest BCUT2D eigenvalue weighted by molar-refractivity contribution is -0.138. The molecule has 3 aromatic heterocycles. The molecule has 3 aromatic rings. The Labute approximate surface area is 186 Å². The summed E-state index contributed by atoms with van der Waals surface area (Å²) >= 11 is 0. The molecular formula is C23H22F3N5O2. The Morgan fingerprint density at radius 3 is 2.48 bits per heavy atom. The number of halogens is 3. The summed E-state index contributed by atoms with van der Waals surface area (Å²) in [5.41, 5.74) is 4.64. The van der Waals surface area contributed by atoms with Crippen molar-refractivity contribution < 1.29 is 18.0 Å². The molecule has 0 unspecified atom stereocenters. The van der Waals surface area contributed by atoms with Crippen molar-refractivity contribution in [3.05, 3.63) is 51.6 Å². The summed E-state index contributed by atoms with van der Waals surface area (Å²) in [4.78, 5) is 37.8. The van der Waals surface area contributed by atoms with Gasteiger partial charge in [0, 0.05) is 30.9 Å². The van der Waals surface area contributed by atoms with E-state index in [1.807, 2.05) is 4.90 Å². The molecule has 7 nitrogen and oxygen atoms in total. The predicted octanol–water partition coefficient (Wildman–Crippen LogP) is 3.79. The molecule has 2 fully saturated rings. The first kappa shape index (κ1) is 21.4. The van der Waals surface area contributed by atoms with Gasteiger partial charge in [-0.15, -0.1) is 0 Å². The number of alkyl halides is 3. The fraction of sp³-hybridized carbons (Fsp3) is 0.391. The third-order valence-corrected chi connectivity index (χ3v) is 6.84. The first-order chi connectivity index (χ1) is 15.6. The lowest BCUT2D eigenvalue weighted by atomic mass is 9.93. The number of fused-ring (bicyclic) bond motifs is 1. The van der Waals surface area contributed by atoms with E-state index in [0.717, 1.165) is 18.9 Å². The monoisotopic (exact) mass is 457 g/mol. The molecule has 3 N–H and O–H groups in total. The van der Waals surface area contributed by atoms with Crippen LogP contribution in [0.5, 0.6) is 0 Å². The lowest BCUT2D eigenvalue weighted by Crippen LogP contribution is -2.35. The Kier molecular flexibility index (Phi) is 4.73. The maximum Gasteiger partial charge on any atom is 0.418 e. The van der Waals surface area contributed by atoms with Crippen molar-refractivity contribution in [1.82, 2.24) is 15.0 Å². The van der Waals surface area contributed by atoms with E-state index in [0.29, 0.717) is 24.3 Å². The van der Waals surface area contributed by atoms with E-state index in [1.54, 1.807) is 0 Å². The van der Waals surface area contributed by atoms with Crippen molar-refractivity contribution in [1.29, 1.82) is 0 Å². The molecular weight excluding hydrogens is 435 g/mol. The van der Waals surface area contributed by atoms with Crippen LogP contribution < -0.4 is 16.1 Å². The normalized spacial score (nSPS) is 17.5. The van der Waals surface area contributed by atoms with E-state index in [4.69, 9.17) is 5.73 Å². The summed E-state index contributed by atoms with van der Waals surface area (Å²) in [5, 5.41) is 0.0000587. The molecule has 33 heavy (non-hydrogen) atoms. The number of aromatic amines is 1. The maximum atomic E-state index is 13.7. The summed E-state index contributed by atoms with van der Waals surface area (Å²) < 4.78 is 41.2. The number of aromatic nitrogens is 3. The van der Waals surface area contributed by atoms with E-state index in [2.05, 4.69) is 15.0 Å². The zero-order chi connectivity index (χ0) is 23.5. The van der Waals surface area contributed by atoms with Crippen LogP contribution in [-0.2, 0) is 6.18 Å². The molecule has 4 heterocycles. The molecule has 172 valence electrons. The molecule has 1 amide bonds. The minimum Gasteiger partial charge on any atom is -0.364 e. The number of hydrogen-bond acceptors (Lipinski definition) is 5. The fourth-order valence-electron chi connectivity index (χ4n) is 4.72. The van der Waals surface area contributed by atoms with Gasteiger partial charge in [-0.3, -0.25) is 14.6 Å². The van der Waals surface area contributed by atoms with Crippen molar-refractivity contribution in [2.75, 3.05) is 18.0 Å². The Balaban J connectivity index is 1.69. The highest BCUT2D eigenvalue weighted by Gasteiger charge is 2.45. The van der Waals surface area contributed by atoms with Gasteiger partial charge in [-0.2, -0.15) is 13.2 Å². The molecule has 0 atom stereocenters. The van der Waals surface area contributed by atoms with Crippen molar-refractivity contribution >= 4 is 22.6 Å². The molecule has 10 heteroatoms. The van der Waals surface area contributed by atoms with Gasteiger partial charge in [0.1, 0.15) is 11.5 Å². The van der Waals surface area contributed by atoms with Crippen LogP contribution in [0.1, 0.15) is 47.4 Å². The van der Waals surface area contributed by atoms with Crippen LogP contribution in [-0.4, -0.2) is 33.9 Å². The van der Waals surface area contributed by atoms with Gasteiger partial charge < -0.3 is 15.6 Å². The Bertz CT molecular complexity index is 1330. The van der Waals surface area contributed by atoms with Crippen LogP contribution in [0.25, 0.3) is 22.2 Å². The van der Waals surface area contributed by atoms with Crippen molar-refractivity contribution in [3.8, 4) is 11.3 Å². The highest BCUT2D eigenvalue weighted by Crippen LogP contribution is 2.54. The largest absolute Gasteiger partial charge is 0.418 e. The zero-order valence-corrected chi connectivity index (χ0v) is 17.9. The smallest absolute Gasteiger partial charge is 0.364 e. The number of nitrogens with one attached hydrogen (secondary N) is 1. The van der Waals surface area contributed by atoms with Gasteiger partial charge in [0.2, 0.25) is 0 Å². The quantitative estimate of drug-likeness (QED) is 0.623. The van der Waals surface area contributed by atoms with Crippen molar-refractivity contribution in [2.45, 2.75) is 38.8 Å². The Morgan fingerprint density at radius 2 is 1.88 bits per heavy atom. The highest BCUT2D eigenvalue weighted by molar-refractivity contribution is 6.03. The standard InChI is InChI=1S/C23H22F3N5O2/c1-12-14(23(24,25)26)10-13(21(29-12)31-8-5-22(3-4-22)6-9-31)16-11-17(32)18-15(30-16)2-7-28-19(18)20(27)33/h2,7,10-11H,3-6,8-9H2,1H3,(H2,27,33)(H,30,32). The molecule has 0 radical (unpaired) electrons. The third-order valence-electron chi connectivity index (χ3n) is 6.84. The number of H-pyrrole nitrogens is 1. The molecule has 1 saturated heterocycles. The van der Waals surface area contributed by atoms with E-state index in [9.17, 15) is 22.8 Å². The van der Waals surface area contributed by atoms with Gasteiger partial charge in [-0.25, -0.2) is 4.98 Å². The number of nitrogens with zero attached hydrogens (tertiary/aromatic N) is 3. The molecule has 2 aliphatic rings. The number of hydrogen-bond donors (Lipinski definition) is 2. The van der Waals surface area contributed by atoms with Crippen molar-refractivity contribution in [2.24, 2.45) is 11.1 Å². The van der Waals surface area contributed by atoms with Gasteiger partial charge in [-0.1, -0.05) is 0 Å². The second-order valence-corrected chi connectivity index (χ2v) is 8.97. The second-order valence-electron chi connectivity index (χ2n) is 8.97. The topological polar surface area (TPSA) is 105 Å². The number of aryl methyl sites for hydroxylation is 1. The van der Waals surface area contributed by atoms with Gasteiger partial charge >= 0.3 is 6.18 Å². The third kappa shape index (κ3) is 3.73. The fourth-order valence-corrected chi connectivity index (χ4v) is 4.72. The molecule has 1 aliphatic carbocycles. The molecule has 0 bridgehead atoms. The number of amides is 1. The molecule has 0 aromatic carbocycles. The SMILES string of the molecule is Cc1nc(N2CCC3(CC2)CC3)c(-c2cc(=O)c3c(C(N)=O)nccc3[nH]2)cc1C(F)(F)F. The predicted molar refractivity (Wildman–Crippen MR) is 117 cm³/mol. The summed E-state index contributed by atoms with van der Waals surface area (Å²) in [5.74, 6) is -0.451. The summed E-state index contributed by atoms with van der Waals surface area (Å²) in [6.45, 7) is 2.73. The Morgan fingerprint density at radius 1 is 1.18 bits per heavy atom. The van der Waals surface area contributed by atoms with E-state index in [-0.39, 0.29) is 33.5 Å². The first-order valence-electron chi connectivity index (χ1n) is 10.7. The van der Waals surface area contributed by atoms with Crippen LogP contribution in [0.3, 0.4) is 0 Å². The first-order valence-corrected chi connectivity index (χ1v) is 10.7. The number of carbonyl (C=O) groups is 1. The average Bonchev–Trinajstić information content (AvgIpc) is 3.51. The van der Waals surface area contributed by atoms with Crippen LogP contribution in [0.15, 0.2) is 29.2 Å². The van der Waals surface area contributed by atoms with Gasteiger partial charge in [0.25, 0.3) is 5.91 Å². The average molecular weight is 457 g/mol. The molecule has 1 spiro atoms. The lowest BCUT2D eigenvalue weighted by Gasteiger charge is -2.34. The van der Waals surface area contributed by atoms with Crippen LogP contribution in [0.2, 0.25) is 0 Å². The maximum absolute atomic E-state index is 13.7. The van der Waals surface area contributed by atoms with E-state index < -0.39 is 23.1 Å². The minimum absolute atomic E-state index is 0.0000587. The Hall–Kier alpha value is -3.43. The van der Waals surface area contributed by atoms with Crippen LogP contribution in [0.4, 0.5) is 19.0 Å². The number of nitrogens with two attached hydrogens (primary N) is 1. The molecule has 1 aliphatic heterocycles. The zero-order valence-electron chi connectivity index (χ0n) is 17.9. The highest BCUT2D eigenvalue weighted by atomic mass is 19.4. The summed E-state index contributed by atoms with van der Waals surface area (Å²) in [6, 6.07) is 3.71. The number of rotatable bonds is 3. The number of primary amides is 1. The molecule has 5 rings (SSSR count). The van der Waals surface area contributed by atoms with Gasteiger partial charge in [0.15, 0.2) is 5.43 Å².